The molecular formula is C19H25NO5S. The van der Waals surface area contributed by atoms with Gasteiger partial charge in [0, 0.05) is 18.4 Å². The number of carboxylic acids is 1. The highest BCUT2D eigenvalue weighted by Gasteiger charge is 2.41. The van der Waals surface area contributed by atoms with Crippen molar-refractivity contribution < 1.29 is 24.2 Å². The summed E-state index contributed by atoms with van der Waals surface area (Å²) >= 11 is 1.68. The minimum atomic E-state index is -1.19. The number of amides is 1. The van der Waals surface area contributed by atoms with Crippen molar-refractivity contribution in [2.75, 3.05) is 18.1 Å². The summed E-state index contributed by atoms with van der Waals surface area (Å²) in [5, 5.41) is 12.1. The molecule has 1 aromatic rings. The zero-order valence-electron chi connectivity index (χ0n) is 15.0. The maximum Gasteiger partial charge on any atom is 0.329 e. The molecule has 0 unspecified atom stereocenters. The molecule has 142 valence electrons. The monoisotopic (exact) mass is 379 g/mol. The highest BCUT2D eigenvalue weighted by molar-refractivity contribution is 7.99. The molecule has 0 saturated carbocycles. The third-order valence-corrected chi connectivity index (χ3v) is 5.35. The summed E-state index contributed by atoms with van der Waals surface area (Å²) in [6, 6.07) is 6.84. The van der Waals surface area contributed by atoms with E-state index >= 15 is 0 Å². The lowest BCUT2D eigenvalue weighted by Gasteiger charge is -2.33. The van der Waals surface area contributed by atoms with Crippen molar-refractivity contribution in [2.45, 2.75) is 44.6 Å². The van der Waals surface area contributed by atoms with Crippen molar-refractivity contribution in [3.8, 4) is 5.75 Å². The Morgan fingerprint density at radius 2 is 1.81 bits per heavy atom. The first-order valence-corrected chi connectivity index (χ1v) is 10.0. The second-order valence-corrected chi connectivity index (χ2v) is 7.57. The number of hydrogen-bond acceptors (Lipinski definition) is 5. The van der Waals surface area contributed by atoms with E-state index in [-0.39, 0.29) is 18.6 Å². The van der Waals surface area contributed by atoms with Crippen LogP contribution in [0.4, 0.5) is 0 Å². The molecular weight excluding hydrogens is 354 g/mol. The van der Waals surface area contributed by atoms with E-state index in [9.17, 15) is 19.5 Å². The maximum atomic E-state index is 12.2. The van der Waals surface area contributed by atoms with E-state index in [2.05, 4.69) is 5.32 Å². The highest BCUT2D eigenvalue weighted by atomic mass is 32.2. The molecule has 0 atom stereocenters. The molecule has 1 saturated heterocycles. The lowest BCUT2D eigenvalue weighted by molar-refractivity contribution is -0.148. The Hall–Kier alpha value is -2.02. The molecule has 1 aliphatic heterocycles. The number of ketones is 1. The van der Waals surface area contributed by atoms with E-state index in [1.807, 2.05) is 6.92 Å². The van der Waals surface area contributed by atoms with Gasteiger partial charge < -0.3 is 15.2 Å². The fraction of sp³-hybridized carbons (Fsp3) is 0.526. The normalized spacial score (nSPS) is 15.9. The molecule has 6 nitrogen and oxygen atoms in total. The molecule has 0 radical (unpaired) electrons. The third kappa shape index (κ3) is 5.49. The summed E-state index contributed by atoms with van der Waals surface area (Å²) in [5.41, 5.74) is -0.674. The largest absolute Gasteiger partial charge is 0.494 e. The van der Waals surface area contributed by atoms with Gasteiger partial charge in [-0.15, -0.1) is 0 Å². The molecule has 1 fully saturated rings. The van der Waals surface area contributed by atoms with E-state index < -0.39 is 17.4 Å². The SMILES string of the molecule is CCCOc1ccc(C(=O)CCC(=O)NC2(C(=O)O)CCSCC2)cc1. The van der Waals surface area contributed by atoms with Crippen molar-refractivity contribution >= 4 is 29.4 Å². The first kappa shape index (κ1) is 20.3. The quantitative estimate of drug-likeness (QED) is 0.641. The Morgan fingerprint density at radius 1 is 1.15 bits per heavy atom. The number of Topliss-reactive ketones (excluding diaryl/α,β-unsaturated/α-hetero) is 1. The van der Waals surface area contributed by atoms with Crippen LogP contribution in [-0.2, 0) is 9.59 Å². The molecule has 1 amide bonds. The maximum absolute atomic E-state index is 12.2. The highest BCUT2D eigenvalue weighted by Crippen LogP contribution is 2.27. The predicted molar refractivity (Wildman–Crippen MR) is 101 cm³/mol. The van der Waals surface area contributed by atoms with Crippen LogP contribution in [0.3, 0.4) is 0 Å². The molecule has 7 heteroatoms. The lowest BCUT2D eigenvalue weighted by Crippen LogP contribution is -2.56. The van der Waals surface area contributed by atoms with Crippen molar-refractivity contribution in [3.63, 3.8) is 0 Å². The summed E-state index contributed by atoms with van der Waals surface area (Å²) in [7, 11) is 0. The summed E-state index contributed by atoms with van der Waals surface area (Å²) in [6.45, 7) is 2.64. The van der Waals surface area contributed by atoms with Crippen LogP contribution in [0, 0.1) is 0 Å². The van der Waals surface area contributed by atoms with Gasteiger partial charge in [-0.2, -0.15) is 11.8 Å². The first-order valence-electron chi connectivity index (χ1n) is 8.85. The van der Waals surface area contributed by atoms with E-state index in [1.54, 1.807) is 36.0 Å². The number of rotatable bonds is 9. The number of benzene rings is 1. The smallest absolute Gasteiger partial charge is 0.329 e. The van der Waals surface area contributed by atoms with Gasteiger partial charge in [0.2, 0.25) is 5.91 Å². The molecule has 0 spiro atoms. The van der Waals surface area contributed by atoms with E-state index in [0.29, 0.717) is 42.3 Å². The minimum Gasteiger partial charge on any atom is -0.494 e. The van der Waals surface area contributed by atoms with Gasteiger partial charge in [-0.1, -0.05) is 6.92 Å². The average molecular weight is 379 g/mol. The standard InChI is InChI=1S/C19H25NO5S/c1-2-11-25-15-5-3-14(4-6-15)16(21)7-8-17(22)20-19(18(23)24)9-12-26-13-10-19/h3-6H,2,7-13H2,1H3,(H,20,22)(H,23,24). The molecule has 2 N–H and O–H groups in total. The van der Waals surface area contributed by atoms with Crippen molar-refractivity contribution in [1.82, 2.24) is 5.32 Å². The minimum absolute atomic E-state index is 0.0188. The Kier molecular flexibility index (Phi) is 7.50. The number of carboxylic acid groups (broad SMARTS) is 1. The molecule has 1 aliphatic rings. The van der Waals surface area contributed by atoms with Crippen LogP contribution in [0.1, 0.15) is 49.4 Å². The van der Waals surface area contributed by atoms with E-state index in [0.717, 1.165) is 6.42 Å². The van der Waals surface area contributed by atoms with Gasteiger partial charge in [-0.25, -0.2) is 4.79 Å². The Morgan fingerprint density at radius 3 is 2.38 bits per heavy atom. The fourth-order valence-electron chi connectivity index (χ4n) is 2.77. The van der Waals surface area contributed by atoms with Gasteiger partial charge in [-0.05, 0) is 55.0 Å². The second kappa shape index (κ2) is 9.62. The Bertz CT molecular complexity index is 638. The van der Waals surface area contributed by atoms with Crippen LogP contribution in [0.25, 0.3) is 0 Å². The third-order valence-electron chi connectivity index (χ3n) is 4.36. The average Bonchev–Trinajstić information content (AvgIpc) is 2.65. The molecule has 1 heterocycles. The van der Waals surface area contributed by atoms with Gasteiger partial charge in [0.25, 0.3) is 0 Å². The van der Waals surface area contributed by atoms with E-state index in [1.165, 1.54) is 0 Å². The molecule has 0 bridgehead atoms. The Balaban J connectivity index is 1.86. The van der Waals surface area contributed by atoms with Crippen LogP contribution < -0.4 is 10.1 Å². The first-order chi connectivity index (χ1) is 12.5. The van der Waals surface area contributed by atoms with E-state index in [4.69, 9.17) is 4.74 Å². The van der Waals surface area contributed by atoms with Gasteiger partial charge in [0.05, 0.1) is 6.61 Å². The number of thioether (sulfide) groups is 1. The van der Waals surface area contributed by atoms with Gasteiger partial charge in [0.1, 0.15) is 11.3 Å². The predicted octanol–water partition coefficient (Wildman–Crippen LogP) is 2.90. The summed E-state index contributed by atoms with van der Waals surface area (Å²) < 4.78 is 5.47. The van der Waals surface area contributed by atoms with Gasteiger partial charge in [0.15, 0.2) is 5.78 Å². The number of aliphatic carboxylic acids is 1. The number of carbonyl (C=O) groups excluding carboxylic acids is 2. The lowest BCUT2D eigenvalue weighted by atomic mass is 9.92. The summed E-state index contributed by atoms with van der Waals surface area (Å²) in [5.74, 6) is 0.580. The van der Waals surface area contributed by atoms with Crippen LogP contribution in [0.2, 0.25) is 0 Å². The molecule has 2 rings (SSSR count). The fourth-order valence-corrected chi connectivity index (χ4v) is 3.96. The van der Waals surface area contributed by atoms with Gasteiger partial charge in [-0.3, -0.25) is 9.59 Å². The zero-order valence-corrected chi connectivity index (χ0v) is 15.8. The van der Waals surface area contributed by atoms with Crippen LogP contribution in [0.15, 0.2) is 24.3 Å². The van der Waals surface area contributed by atoms with Crippen LogP contribution >= 0.6 is 11.8 Å². The van der Waals surface area contributed by atoms with Crippen molar-refractivity contribution in [2.24, 2.45) is 0 Å². The number of nitrogens with one attached hydrogen (secondary N) is 1. The molecule has 1 aromatic carbocycles. The number of carbonyl (C=O) groups is 3. The molecule has 0 aliphatic carbocycles. The molecule has 0 aromatic heterocycles. The number of ether oxygens (including phenoxy) is 1. The van der Waals surface area contributed by atoms with Crippen LogP contribution in [-0.4, -0.2) is 46.4 Å². The van der Waals surface area contributed by atoms with Crippen molar-refractivity contribution in [3.05, 3.63) is 29.8 Å². The number of hydrogen-bond donors (Lipinski definition) is 2. The topological polar surface area (TPSA) is 92.7 Å². The zero-order chi connectivity index (χ0) is 19.0. The van der Waals surface area contributed by atoms with Crippen molar-refractivity contribution in [1.29, 1.82) is 0 Å². The second-order valence-electron chi connectivity index (χ2n) is 6.34. The van der Waals surface area contributed by atoms with Gasteiger partial charge >= 0.3 is 5.97 Å². The van der Waals surface area contributed by atoms with Crippen LogP contribution in [0.5, 0.6) is 5.75 Å². The molecule has 26 heavy (non-hydrogen) atoms. The Labute approximate surface area is 157 Å². The summed E-state index contributed by atoms with van der Waals surface area (Å²) in [6.07, 6.45) is 1.75. The summed E-state index contributed by atoms with van der Waals surface area (Å²) in [4.78, 5) is 36.0.